The zero-order chi connectivity index (χ0) is 19.0. The third kappa shape index (κ3) is 3.66. The van der Waals surface area contributed by atoms with Gasteiger partial charge in [-0.3, -0.25) is 0 Å². The van der Waals surface area contributed by atoms with Gasteiger partial charge in [-0.15, -0.1) is 0 Å². The minimum Gasteiger partial charge on any atom is -0.490 e. The molecule has 3 unspecified atom stereocenters. The maximum atomic E-state index is 12.2. The molecule has 3 aliphatic rings. The molecule has 0 aliphatic heterocycles. The predicted molar refractivity (Wildman–Crippen MR) is 101 cm³/mol. The number of carbonyl (C=O) groups excluding carboxylic acids is 1. The number of primary amides is 1. The lowest BCUT2D eigenvalue weighted by Crippen LogP contribution is -2.52. The molecule has 1 aromatic rings. The highest BCUT2D eigenvalue weighted by atomic mass is 16.5. The topological polar surface area (TPSA) is 92.9 Å². The Kier molecular flexibility index (Phi) is 4.81. The van der Waals surface area contributed by atoms with Crippen molar-refractivity contribution in [2.45, 2.75) is 56.7 Å². The van der Waals surface area contributed by atoms with E-state index in [1.54, 1.807) is 24.3 Å². The van der Waals surface area contributed by atoms with Crippen LogP contribution < -0.4 is 10.5 Å². The van der Waals surface area contributed by atoms with E-state index in [1.807, 2.05) is 4.90 Å². The standard InChI is InChI=1S/C21H26N2O4/c22-21(26)23(19-12-13-1-2-15(19)11-13)16-5-9-18(10-6-16)27-17-7-3-14(4-8-17)20(24)25/h1-4,7-8,13,15-16,18-19H,5-6,9-12H2,(H2,22,26)(H,24,25). The van der Waals surface area contributed by atoms with Crippen LogP contribution in [0.3, 0.4) is 0 Å². The Morgan fingerprint density at radius 3 is 2.26 bits per heavy atom. The number of benzene rings is 1. The van der Waals surface area contributed by atoms with Crippen LogP contribution in [0.4, 0.5) is 4.79 Å². The molecule has 0 aromatic heterocycles. The van der Waals surface area contributed by atoms with Crippen LogP contribution in [0.25, 0.3) is 0 Å². The van der Waals surface area contributed by atoms with Gasteiger partial charge in [-0.1, -0.05) is 12.2 Å². The number of rotatable bonds is 5. The first-order valence-electron chi connectivity index (χ1n) is 9.77. The molecule has 144 valence electrons. The summed E-state index contributed by atoms with van der Waals surface area (Å²) in [5.74, 6) is 0.817. The summed E-state index contributed by atoms with van der Waals surface area (Å²) in [5.41, 5.74) is 6.01. The van der Waals surface area contributed by atoms with Gasteiger partial charge >= 0.3 is 12.0 Å². The first-order valence-corrected chi connectivity index (χ1v) is 9.77. The highest BCUT2D eigenvalue weighted by Crippen LogP contribution is 2.43. The van der Waals surface area contributed by atoms with Crippen molar-refractivity contribution in [2.75, 3.05) is 0 Å². The normalized spacial score (nSPS) is 31.6. The van der Waals surface area contributed by atoms with E-state index in [1.165, 1.54) is 0 Å². The van der Waals surface area contributed by atoms with E-state index in [4.69, 9.17) is 15.6 Å². The number of carboxylic acid groups (broad SMARTS) is 1. The maximum Gasteiger partial charge on any atom is 0.335 e. The van der Waals surface area contributed by atoms with Gasteiger partial charge in [-0.05, 0) is 74.6 Å². The molecule has 3 atom stereocenters. The van der Waals surface area contributed by atoms with Gasteiger partial charge < -0.3 is 20.5 Å². The molecule has 1 aromatic carbocycles. The van der Waals surface area contributed by atoms with Gasteiger partial charge in [0.15, 0.2) is 0 Å². The third-order valence-electron chi connectivity index (χ3n) is 6.30. The van der Waals surface area contributed by atoms with Crippen LogP contribution in [-0.2, 0) is 0 Å². The Balaban J connectivity index is 1.34. The summed E-state index contributed by atoms with van der Waals surface area (Å²) < 4.78 is 6.01. The minimum atomic E-state index is -0.941. The van der Waals surface area contributed by atoms with Crippen LogP contribution >= 0.6 is 0 Å². The minimum absolute atomic E-state index is 0.0894. The van der Waals surface area contributed by atoms with Crippen LogP contribution in [0.2, 0.25) is 0 Å². The lowest BCUT2D eigenvalue weighted by Gasteiger charge is -2.41. The van der Waals surface area contributed by atoms with Crippen molar-refractivity contribution >= 4 is 12.0 Å². The second-order valence-corrected chi connectivity index (χ2v) is 7.97. The summed E-state index contributed by atoms with van der Waals surface area (Å²) in [5, 5.41) is 8.96. The Hall–Kier alpha value is -2.50. The van der Waals surface area contributed by atoms with Crippen molar-refractivity contribution in [1.29, 1.82) is 0 Å². The van der Waals surface area contributed by atoms with Gasteiger partial charge in [0.05, 0.1) is 11.7 Å². The molecule has 3 N–H and O–H groups in total. The number of allylic oxidation sites excluding steroid dienone is 1. The molecule has 0 radical (unpaired) electrons. The molecule has 2 fully saturated rings. The third-order valence-corrected chi connectivity index (χ3v) is 6.30. The van der Waals surface area contributed by atoms with E-state index in [-0.39, 0.29) is 29.8 Å². The first kappa shape index (κ1) is 17.9. The largest absolute Gasteiger partial charge is 0.490 e. The van der Waals surface area contributed by atoms with E-state index < -0.39 is 5.97 Å². The molecule has 2 amide bonds. The molecule has 27 heavy (non-hydrogen) atoms. The molecular weight excluding hydrogens is 344 g/mol. The monoisotopic (exact) mass is 370 g/mol. The van der Waals surface area contributed by atoms with Crippen molar-refractivity contribution in [3.8, 4) is 5.75 Å². The molecule has 0 heterocycles. The molecular formula is C21H26N2O4. The molecule has 3 aliphatic carbocycles. The van der Waals surface area contributed by atoms with Gasteiger partial charge in [-0.25, -0.2) is 9.59 Å². The average molecular weight is 370 g/mol. The van der Waals surface area contributed by atoms with Crippen LogP contribution in [0.15, 0.2) is 36.4 Å². The number of nitrogens with two attached hydrogens (primary N) is 1. The van der Waals surface area contributed by atoms with Crippen LogP contribution in [0.5, 0.6) is 5.75 Å². The van der Waals surface area contributed by atoms with Gasteiger partial charge in [0.2, 0.25) is 0 Å². The van der Waals surface area contributed by atoms with Crippen molar-refractivity contribution < 1.29 is 19.4 Å². The number of amides is 2. The number of hydrogen-bond acceptors (Lipinski definition) is 3. The van der Waals surface area contributed by atoms with Crippen LogP contribution in [0.1, 0.15) is 48.9 Å². The van der Waals surface area contributed by atoms with Gasteiger partial charge in [0.25, 0.3) is 0 Å². The van der Waals surface area contributed by atoms with Crippen molar-refractivity contribution in [2.24, 2.45) is 17.6 Å². The smallest absolute Gasteiger partial charge is 0.335 e. The number of carboxylic acids is 1. The zero-order valence-electron chi connectivity index (χ0n) is 15.3. The molecule has 0 saturated heterocycles. The SMILES string of the molecule is NC(=O)N(C1CCC(Oc2ccc(C(=O)O)cc2)CC1)C1CC2C=CC1C2. The summed E-state index contributed by atoms with van der Waals surface area (Å²) in [6.07, 6.45) is 10.3. The van der Waals surface area contributed by atoms with E-state index in [2.05, 4.69) is 12.2 Å². The second kappa shape index (κ2) is 7.25. The maximum absolute atomic E-state index is 12.2. The van der Waals surface area contributed by atoms with E-state index in [9.17, 15) is 9.59 Å². The lowest BCUT2D eigenvalue weighted by atomic mass is 9.89. The van der Waals surface area contributed by atoms with E-state index in [0.29, 0.717) is 17.6 Å². The Bertz CT molecular complexity index is 737. The van der Waals surface area contributed by atoms with Crippen molar-refractivity contribution in [3.05, 3.63) is 42.0 Å². The number of fused-ring (bicyclic) bond motifs is 2. The quantitative estimate of drug-likeness (QED) is 0.777. The fourth-order valence-corrected chi connectivity index (χ4v) is 5.00. The van der Waals surface area contributed by atoms with Crippen LogP contribution in [-0.4, -0.2) is 40.2 Å². The molecule has 2 saturated carbocycles. The summed E-state index contributed by atoms with van der Waals surface area (Å²) in [6.45, 7) is 0. The Morgan fingerprint density at radius 1 is 1.04 bits per heavy atom. The average Bonchev–Trinajstić information content (AvgIpc) is 3.27. The predicted octanol–water partition coefficient (Wildman–Crippen LogP) is 3.42. The van der Waals surface area contributed by atoms with Crippen molar-refractivity contribution in [3.63, 3.8) is 0 Å². The van der Waals surface area contributed by atoms with E-state index >= 15 is 0 Å². The fourth-order valence-electron chi connectivity index (χ4n) is 5.00. The molecule has 6 nitrogen and oxygen atoms in total. The number of nitrogens with zero attached hydrogens (tertiary/aromatic N) is 1. The number of aromatic carboxylic acids is 1. The Labute approximate surface area is 159 Å². The molecule has 4 rings (SSSR count). The van der Waals surface area contributed by atoms with Gasteiger partial charge in [0, 0.05) is 12.1 Å². The number of carbonyl (C=O) groups is 2. The molecule has 2 bridgehead atoms. The lowest BCUT2D eigenvalue weighted by molar-refractivity contribution is 0.0695. The van der Waals surface area contributed by atoms with E-state index in [0.717, 1.165) is 38.5 Å². The van der Waals surface area contributed by atoms with Gasteiger partial charge in [0.1, 0.15) is 5.75 Å². The highest BCUT2D eigenvalue weighted by Gasteiger charge is 2.43. The fraction of sp³-hybridized carbons (Fsp3) is 0.524. The summed E-state index contributed by atoms with van der Waals surface area (Å²) >= 11 is 0. The second-order valence-electron chi connectivity index (χ2n) is 7.97. The summed E-state index contributed by atoms with van der Waals surface area (Å²) in [4.78, 5) is 25.0. The molecule has 6 heteroatoms. The Morgan fingerprint density at radius 2 is 1.74 bits per heavy atom. The first-order chi connectivity index (χ1) is 13.0. The van der Waals surface area contributed by atoms with Crippen LogP contribution in [0, 0.1) is 11.8 Å². The van der Waals surface area contributed by atoms with Crippen molar-refractivity contribution in [1.82, 2.24) is 4.90 Å². The summed E-state index contributed by atoms with van der Waals surface area (Å²) in [7, 11) is 0. The summed E-state index contributed by atoms with van der Waals surface area (Å²) in [6, 6.07) is 6.66. The number of urea groups is 1. The highest BCUT2D eigenvalue weighted by molar-refractivity contribution is 5.87. The number of ether oxygens (including phenoxy) is 1. The number of hydrogen-bond donors (Lipinski definition) is 2. The van der Waals surface area contributed by atoms with Gasteiger partial charge in [-0.2, -0.15) is 0 Å². The zero-order valence-corrected chi connectivity index (χ0v) is 15.3. The molecule has 0 spiro atoms.